The van der Waals surface area contributed by atoms with Gasteiger partial charge in [0.15, 0.2) is 0 Å². The van der Waals surface area contributed by atoms with Crippen LogP contribution in [0, 0.1) is 5.82 Å². The minimum atomic E-state index is -0.588. The molecule has 2 aromatic rings. The van der Waals surface area contributed by atoms with Crippen LogP contribution in [0.5, 0.6) is 0 Å². The Morgan fingerprint density at radius 1 is 1.35 bits per heavy atom. The molecule has 2 N–H and O–H groups in total. The highest BCUT2D eigenvalue weighted by molar-refractivity contribution is 7.13. The van der Waals surface area contributed by atoms with Gasteiger partial charge in [-0.15, -0.1) is 11.3 Å². The number of benzene rings is 1. The molecule has 0 aliphatic carbocycles. The summed E-state index contributed by atoms with van der Waals surface area (Å²) in [7, 11) is 1.48. The maximum Gasteiger partial charge on any atom is 0.273 e. The minimum Gasteiger partial charge on any atom is -0.368 e. The van der Waals surface area contributed by atoms with E-state index in [1.165, 1.54) is 35.4 Å². The molecule has 20 heavy (non-hydrogen) atoms. The lowest BCUT2D eigenvalue weighted by molar-refractivity contribution is -0.118. The van der Waals surface area contributed by atoms with Crippen LogP contribution < -0.4 is 5.73 Å². The number of amides is 2. The van der Waals surface area contributed by atoms with Gasteiger partial charge in [0.2, 0.25) is 5.91 Å². The fourth-order valence-corrected chi connectivity index (χ4v) is 2.40. The lowest BCUT2D eigenvalue weighted by Crippen LogP contribution is -2.35. The molecule has 0 saturated carbocycles. The van der Waals surface area contributed by atoms with Gasteiger partial charge in [0, 0.05) is 18.0 Å². The third kappa shape index (κ3) is 3.18. The molecule has 1 aromatic carbocycles. The second kappa shape index (κ2) is 5.79. The van der Waals surface area contributed by atoms with Crippen molar-refractivity contribution < 1.29 is 14.0 Å². The molecular weight excluding hydrogens is 281 g/mol. The topological polar surface area (TPSA) is 76.3 Å². The van der Waals surface area contributed by atoms with Crippen molar-refractivity contribution in [1.82, 2.24) is 9.88 Å². The summed E-state index contributed by atoms with van der Waals surface area (Å²) >= 11 is 1.28. The molecule has 1 aromatic heterocycles. The molecule has 0 aliphatic rings. The maximum absolute atomic E-state index is 12.8. The highest BCUT2D eigenvalue weighted by Crippen LogP contribution is 2.24. The van der Waals surface area contributed by atoms with E-state index in [1.807, 2.05) is 0 Å². The van der Waals surface area contributed by atoms with E-state index < -0.39 is 5.91 Å². The van der Waals surface area contributed by atoms with Gasteiger partial charge in [-0.25, -0.2) is 9.37 Å². The third-order valence-electron chi connectivity index (χ3n) is 2.55. The highest BCUT2D eigenvalue weighted by atomic mass is 32.1. The van der Waals surface area contributed by atoms with Gasteiger partial charge in [-0.05, 0) is 24.3 Å². The Bertz CT molecular complexity index is 639. The number of nitrogens with two attached hydrogens (primary N) is 1. The number of hydrogen-bond acceptors (Lipinski definition) is 4. The number of carbonyl (C=O) groups excluding carboxylic acids is 2. The van der Waals surface area contributed by atoms with Crippen LogP contribution in [0.25, 0.3) is 10.6 Å². The van der Waals surface area contributed by atoms with Crippen molar-refractivity contribution in [1.29, 1.82) is 0 Å². The first-order valence-corrected chi connectivity index (χ1v) is 6.60. The van der Waals surface area contributed by atoms with Gasteiger partial charge in [-0.2, -0.15) is 0 Å². The molecular formula is C13H12FN3O2S. The van der Waals surface area contributed by atoms with Gasteiger partial charge >= 0.3 is 0 Å². The van der Waals surface area contributed by atoms with Gasteiger partial charge in [0.05, 0.1) is 6.54 Å². The summed E-state index contributed by atoms with van der Waals surface area (Å²) in [5.74, 6) is -1.30. The molecule has 0 atom stereocenters. The monoisotopic (exact) mass is 293 g/mol. The van der Waals surface area contributed by atoms with E-state index >= 15 is 0 Å². The lowest BCUT2D eigenvalue weighted by atomic mass is 10.2. The molecule has 0 unspecified atom stereocenters. The Kier molecular flexibility index (Phi) is 4.09. The fraction of sp³-hybridized carbons (Fsp3) is 0.154. The van der Waals surface area contributed by atoms with Crippen molar-refractivity contribution in [2.24, 2.45) is 5.73 Å². The summed E-state index contributed by atoms with van der Waals surface area (Å²) in [4.78, 5) is 28.2. The fourth-order valence-electron chi connectivity index (χ4n) is 1.60. The number of halogens is 1. The van der Waals surface area contributed by atoms with Crippen molar-refractivity contribution in [3.05, 3.63) is 41.2 Å². The number of hydrogen-bond donors (Lipinski definition) is 1. The number of aromatic nitrogens is 1. The summed E-state index contributed by atoms with van der Waals surface area (Å²) in [5.41, 5.74) is 6.00. The van der Waals surface area contributed by atoms with E-state index in [9.17, 15) is 14.0 Å². The van der Waals surface area contributed by atoms with Crippen LogP contribution in [-0.2, 0) is 4.79 Å². The zero-order chi connectivity index (χ0) is 14.7. The Morgan fingerprint density at radius 3 is 2.60 bits per heavy atom. The lowest BCUT2D eigenvalue weighted by Gasteiger charge is -2.12. The number of thiazole rings is 1. The Morgan fingerprint density at radius 2 is 2.00 bits per heavy atom. The molecule has 0 bridgehead atoms. The molecule has 5 nitrogen and oxygen atoms in total. The number of likely N-dealkylation sites (N-methyl/N-ethyl adjacent to an activating group) is 1. The van der Waals surface area contributed by atoms with Crippen molar-refractivity contribution >= 4 is 23.2 Å². The van der Waals surface area contributed by atoms with Crippen molar-refractivity contribution in [2.45, 2.75) is 0 Å². The minimum absolute atomic E-state index is 0.164. The van der Waals surface area contributed by atoms with E-state index in [2.05, 4.69) is 4.98 Å². The molecule has 0 radical (unpaired) electrons. The van der Waals surface area contributed by atoms with E-state index in [0.29, 0.717) is 5.01 Å². The standard InChI is InChI=1S/C13H12FN3O2S/c1-17(6-11(15)18)13(19)10-7-20-12(16-10)8-2-4-9(14)5-3-8/h2-5,7H,6H2,1H3,(H2,15,18). The summed E-state index contributed by atoms with van der Waals surface area (Å²) in [6, 6.07) is 5.85. The molecule has 0 fully saturated rings. The Labute approximate surface area is 118 Å². The molecule has 0 saturated heterocycles. The second-order valence-electron chi connectivity index (χ2n) is 4.17. The maximum atomic E-state index is 12.8. The van der Waals surface area contributed by atoms with Crippen LogP contribution in [0.1, 0.15) is 10.5 Å². The van der Waals surface area contributed by atoms with E-state index in [1.54, 1.807) is 17.5 Å². The number of primary amides is 1. The molecule has 2 rings (SSSR count). The summed E-state index contributed by atoms with van der Waals surface area (Å²) in [5, 5.41) is 2.21. The predicted molar refractivity (Wildman–Crippen MR) is 73.7 cm³/mol. The predicted octanol–water partition coefficient (Wildman–Crippen LogP) is 1.51. The van der Waals surface area contributed by atoms with Gasteiger partial charge < -0.3 is 10.6 Å². The van der Waals surface area contributed by atoms with Crippen molar-refractivity contribution in [3.63, 3.8) is 0 Å². The van der Waals surface area contributed by atoms with Crippen LogP contribution in [0.2, 0.25) is 0 Å². The van der Waals surface area contributed by atoms with Crippen LogP contribution in [-0.4, -0.2) is 35.3 Å². The van der Waals surface area contributed by atoms with Gasteiger partial charge in [0.1, 0.15) is 16.5 Å². The zero-order valence-electron chi connectivity index (χ0n) is 10.7. The van der Waals surface area contributed by atoms with Crippen LogP contribution in [0.4, 0.5) is 4.39 Å². The van der Waals surface area contributed by atoms with Gasteiger partial charge in [-0.1, -0.05) is 0 Å². The van der Waals surface area contributed by atoms with Crippen molar-refractivity contribution in [2.75, 3.05) is 13.6 Å². The second-order valence-corrected chi connectivity index (χ2v) is 5.03. The van der Waals surface area contributed by atoms with E-state index in [0.717, 1.165) is 5.56 Å². The molecule has 7 heteroatoms. The average molecular weight is 293 g/mol. The quantitative estimate of drug-likeness (QED) is 0.928. The first-order valence-electron chi connectivity index (χ1n) is 5.72. The number of rotatable bonds is 4. The molecule has 2 amide bonds. The molecule has 0 spiro atoms. The molecule has 104 valence electrons. The highest BCUT2D eigenvalue weighted by Gasteiger charge is 2.17. The number of nitrogens with zero attached hydrogens (tertiary/aromatic N) is 2. The van der Waals surface area contributed by atoms with Crippen LogP contribution in [0.15, 0.2) is 29.6 Å². The SMILES string of the molecule is CN(CC(N)=O)C(=O)c1csc(-c2ccc(F)cc2)n1. The van der Waals surface area contributed by atoms with Crippen LogP contribution in [0.3, 0.4) is 0 Å². The van der Waals surface area contributed by atoms with Crippen molar-refractivity contribution in [3.8, 4) is 10.6 Å². The molecule has 1 heterocycles. The summed E-state index contributed by atoms with van der Waals surface area (Å²) in [6.07, 6.45) is 0. The van der Waals surface area contributed by atoms with Gasteiger partial charge in [0.25, 0.3) is 5.91 Å². The molecule has 0 aliphatic heterocycles. The third-order valence-corrected chi connectivity index (χ3v) is 3.45. The summed E-state index contributed by atoms with van der Waals surface area (Å²) < 4.78 is 12.8. The summed E-state index contributed by atoms with van der Waals surface area (Å²) in [6.45, 7) is -0.164. The number of carbonyl (C=O) groups is 2. The Hall–Kier alpha value is -2.28. The smallest absolute Gasteiger partial charge is 0.273 e. The zero-order valence-corrected chi connectivity index (χ0v) is 11.5. The van der Waals surface area contributed by atoms with Gasteiger partial charge in [-0.3, -0.25) is 9.59 Å². The normalized spacial score (nSPS) is 10.3. The van der Waals surface area contributed by atoms with Crippen LogP contribution >= 0.6 is 11.3 Å². The largest absolute Gasteiger partial charge is 0.368 e. The van der Waals surface area contributed by atoms with E-state index in [4.69, 9.17) is 5.73 Å². The van der Waals surface area contributed by atoms with E-state index in [-0.39, 0.29) is 24.0 Å². The average Bonchev–Trinajstić information content (AvgIpc) is 2.87. The first-order chi connectivity index (χ1) is 9.47. The first kappa shape index (κ1) is 14.1. The Balaban J connectivity index is 2.18.